The van der Waals surface area contributed by atoms with Crippen LogP contribution in [0.1, 0.15) is 24.8 Å². The Bertz CT molecular complexity index is 475. The monoisotopic (exact) mass is 294 g/mol. The predicted octanol–water partition coefficient (Wildman–Crippen LogP) is 1.17. The van der Waals surface area contributed by atoms with Gasteiger partial charge in [0.15, 0.2) is 11.5 Å². The van der Waals surface area contributed by atoms with Crippen molar-refractivity contribution in [3.05, 3.63) is 17.7 Å². The second-order valence-corrected chi connectivity index (χ2v) is 5.12. The molecule has 1 fully saturated rings. The van der Waals surface area contributed by atoms with Crippen LogP contribution < -0.4 is 20.1 Å². The number of aromatic hydroxyl groups is 1. The molecular weight excluding hydrogens is 272 g/mol. The largest absolute Gasteiger partial charge is 0.502 e. The number of nitrogens with one attached hydrogen (secondary N) is 2. The third-order valence-corrected chi connectivity index (χ3v) is 3.34. The molecule has 0 saturated heterocycles. The van der Waals surface area contributed by atoms with Crippen molar-refractivity contribution in [1.82, 2.24) is 10.6 Å². The average Bonchev–Trinajstić information content (AvgIpc) is 3.28. The van der Waals surface area contributed by atoms with Crippen molar-refractivity contribution in [3.63, 3.8) is 0 Å². The summed E-state index contributed by atoms with van der Waals surface area (Å²) in [6.07, 6.45) is 2.67. The van der Waals surface area contributed by atoms with Gasteiger partial charge in [0.05, 0.1) is 14.2 Å². The predicted molar refractivity (Wildman–Crippen MR) is 78.7 cm³/mol. The summed E-state index contributed by atoms with van der Waals surface area (Å²) in [5.41, 5.74) is 0.920. The summed E-state index contributed by atoms with van der Waals surface area (Å²) in [7, 11) is 2.99. The molecule has 1 aromatic rings. The molecule has 0 bridgehead atoms. The minimum Gasteiger partial charge on any atom is -0.502 e. The molecule has 0 aromatic heterocycles. The van der Waals surface area contributed by atoms with Gasteiger partial charge >= 0.3 is 0 Å². The maximum absolute atomic E-state index is 11.5. The van der Waals surface area contributed by atoms with Crippen LogP contribution in [0.2, 0.25) is 0 Å². The molecule has 1 saturated carbocycles. The van der Waals surface area contributed by atoms with Gasteiger partial charge in [0.1, 0.15) is 0 Å². The van der Waals surface area contributed by atoms with Gasteiger partial charge in [-0.1, -0.05) is 0 Å². The van der Waals surface area contributed by atoms with E-state index in [1.54, 1.807) is 12.1 Å². The SMILES string of the molecule is COc1cc(CNCCC(=O)NC2CC2)cc(OC)c1O. The molecule has 0 heterocycles. The van der Waals surface area contributed by atoms with Gasteiger partial charge in [-0.2, -0.15) is 0 Å². The zero-order chi connectivity index (χ0) is 15.2. The summed E-state index contributed by atoms with van der Waals surface area (Å²) in [6, 6.07) is 3.90. The van der Waals surface area contributed by atoms with Crippen molar-refractivity contribution >= 4 is 5.91 Å². The van der Waals surface area contributed by atoms with Crippen LogP contribution in [0.4, 0.5) is 0 Å². The van der Waals surface area contributed by atoms with Crippen LogP contribution in [0.5, 0.6) is 17.2 Å². The van der Waals surface area contributed by atoms with E-state index in [2.05, 4.69) is 10.6 Å². The van der Waals surface area contributed by atoms with Crippen molar-refractivity contribution in [1.29, 1.82) is 0 Å². The second-order valence-electron chi connectivity index (χ2n) is 5.12. The maximum Gasteiger partial charge on any atom is 0.221 e. The number of methoxy groups -OCH3 is 2. The van der Waals surface area contributed by atoms with E-state index >= 15 is 0 Å². The first-order valence-electron chi connectivity index (χ1n) is 7.08. The molecule has 0 spiro atoms. The minimum absolute atomic E-state index is 0.00689. The topological polar surface area (TPSA) is 79.8 Å². The fourth-order valence-corrected chi connectivity index (χ4v) is 2.01. The maximum atomic E-state index is 11.5. The van der Waals surface area contributed by atoms with Crippen molar-refractivity contribution in [2.75, 3.05) is 20.8 Å². The highest BCUT2D eigenvalue weighted by Gasteiger charge is 2.22. The lowest BCUT2D eigenvalue weighted by atomic mass is 10.1. The molecule has 116 valence electrons. The lowest BCUT2D eigenvalue weighted by molar-refractivity contribution is -0.121. The summed E-state index contributed by atoms with van der Waals surface area (Å²) in [5.74, 6) is 0.827. The first-order valence-corrected chi connectivity index (χ1v) is 7.08. The molecule has 1 aliphatic carbocycles. The molecule has 1 amide bonds. The van der Waals surface area contributed by atoms with E-state index in [-0.39, 0.29) is 11.7 Å². The smallest absolute Gasteiger partial charge is 0.221 e. The Morgan fingerprint density at radius 1 is 1.29 bits per heavy atom. The standard InChI is InChI=1S/C15H22N2O4/c1-20-12-7-10(8-13(21-2)15(12)19)9-16-6-5-14(18)17-11-3-4-11/h7-8,11,16,19H,3-6,9H2,1-2H3,(H,17,18). The lowest BCUT2D eigenvalue weighted by Crippen LogP contribution is -2.29. The van der Waals surface area contributed by atoms with Gasteiger partial charge in [0, 0.05) is 25.6 Å². The van der Waals surface area contributed by atoms with Gasteiger partial charge in [0.25, 0.3) is 0 Å². The third kappa shape index (κ3) is 4.53. The van der Waals surface area contributed by atoms with E-state index in [9.17, 15) is 9.90 Å². The summed E-state index contributed by atoms with van der Waals surface area (Å²) in [6.45, 7) is 1.17. The molecule has 0 aliphatic heterocycles. The first kappa shape index (κ1) is 15.4. The Hall–Kier alpha value is -1.95. The number of benzene rings is 1. The number of carbonyl (C=O) groups excluding carboxylic acids is 1. The number of phenols is 1. The van der Waals surface area contributed by atoms with Crippen molar-refractivity contribution in [2.24, 2.45) is 0 Å². The average molecular weight is 294 g/mol. The normalized spacial score (nSPS) is 13.8. The molecule has 21 heavy (non-hydrogen) atoms. The van der Waals surface area contributed by atoms with Crippen LogP contribution in [0.25, 0.3) is 0 Å². The molecule has 6 heteroatoms. The van der Waals surface area contributed by atoms with Crippen LogP contribution in [-0.4, -0.2) is 37.8 Å². The number of rotatable bonds is 8. The number of hydrogen-bond acceptors (Lipinski definition) is 5. The van der Waals surface area contributed by atoms with Gasteiger partial charge < -0.3 is 25.2 Å². The number of phenolic OH excluding ortho intramolecular Hbond substituents is 1. The van der Waals surface area contributed by atoms with Crippen molar-refractivity contribution < 1.29 is 19.4 Å². The number of ether oxygens (including phenoxy) is 2. The summed E-state index contributed by atoms with van der Waals surface area (Å²) >= 11 is 0. The van der Waals surface area contributed by atoms with E-state index in [0.717, 1.165) is 18.4 Å². The zero-order valence-corrected chi connectivity index (χ0v) is 12.4. The fraction of sp³-hybridized carbons (Fsp3) is 0.533. The van der Waals surface area contributed by atoms with Gasteiger partial charge in [-0.3, -0.25) is 4.79 Å². The van der Waals surface area contributed by atoms with Crippen molar-refractivity contribution in [3.8, 4) is 17.2 Å². The van der Waals surface area contributed by atoms with Gasteiger partial charge in [-0.15, -0.1) is 0 Å². The Labute approximate surface area is 124 Å². The molecule has 0 unspecified atom stereocenters. The zero-order valence-electron chi connectivity index (χ0n) is 12.4. The van der Waals surface area contributed by atoms with Crippen LogP contribution in [0, 0.1) is 0 Å². The van der Waals surface area contributed by atoms with Crippen LogP contribution in [-0.2, 0) is 11.3 Å². The van der Waals surface area contributed by atoms with E-state index in [0.29, 0.717) is 37.1 Å². The van der Waals surface area contributed by atoms with E-state index in [4.69, 9.17) is 9.47 Å². The van der Waals surface area contributed by atoms with Crippen LogP contribution in [0.15, 0.2) is 12.1 Å². The third-order valence-electron chi connectivity index (χ3n) is 3.34. The fourth-order valence-electron chi connectivity index (χ4n) is 2.01. The van der Waals surface area contributed by atoms with Gasteiger partial charge in [-0.05, 0) is 30.5 Å². The van der Waals surface area contributed by atoms with E-state index < -0.39 is 0 Å². The second kappa shape index (κ2) is 7.17. The number of carbonyl (C=O) groups is 1. The minimum atomic E-state index is -0.00689. The first-order chi connectivity index (χ1) is 10.1. The lowest BCUT2D eigenvalue weighted by Gasteiger charge is -2.12. The van der Waals surface area contributed by atoms with Gasteiger partial charge in [-0.25, -0.2) is 0 Å². The summed E-state index contributed by atoms with van der Waals surface area (Å²) in [4.78, 5) is 11.5. The molecule has 2 rings (SSSR count). The molecule has 0 atom stereocenters. The summed E-state index contributed by atoms with van der Waals surface area (Å²) < 4.78 is 10.2. The van der Waals surface area contributed by atoms with E-state index in [1.807, 2.05) is 0 Å². The number of hydrogen-bond donors (Lipinski definition) is 3. The van der Waals surface area contributed by atoms with E-state index in [1.165, 1.54) is 14.2 Å². The van der Waals surface area contributed by atoms with Gasteiger partial charge in [0.2, 0.25) is 11.7 Å². The number of amides is 1. The molecule has 3 N–H and O–H groups in total. The molecule has 6 nitrogen and oxygen atoms in total. The quantitative estimate of drug-likeness (QED) is 0.627. The Morgan fingerprint density at radius 3 is 2.43 bits per heavy atom. The van der Waals surface area contributed by atoms with Crippen LogP contribution >= 0.6 is 0 Å². The Balaban J connectivity index is 1.80. The van der Waals surface area contributed by atoms with Crippen LogP contribution in [0.3, 0.4) is 0 Å². The molecular formula is C15H22N2O4. The highest BCUT2D eigenvalue weighted by molar-refractivity contribution is 5.76. The Morgan fingerprint density at radius 2 is 1.90 bits per heavy atom. The molecule has 1 aromatic carbocycles. The summed E-state index contributed by atoms with van der Waals surface area (Å²) in [5, 5.41) is 16.0. The molecule has 0 radical (unpaired) electrons. The van der Waals surface area contributed by atoms with Crippen molar-refractivity contribution in [2.45, 2.75) is 31.8 Å². The highest BCUT2D eigenvalue weighted by Crippen LogP contribution is 2.36. The molecule has 1 aliphatic rings. The highest BCUT2D eigenvalue weighted by atomic mass is 16.5. The Kier molecular flexibility index (Phi) is 5.27.